The van der Waals surface area contributed by atoms with Crippen LogP contribution in [0.3, 0.4) is 0 Å². The highest BCUT2D eigenvalue weighted by Gasteiger charge is 2.05. The second kappa shape index (κ2) is 5.24. The summed E-state index contributed by atoms with van der Waals surface area (Å²) in [5.74, 6) is 0.709. The molecule has 1 aromatic carbocycles. The van der Waals surface area contributed by atoms with Crippen molar-refractivity contribution in [2.75, 3.05) is 7.11 Å². The summed E-state index contributed by atoms with van der Waals surface area (Å²) in [5.41, 5.74) is 2.03. The number of nitrogens with one attached hydrogen (secondary N) is 1. The normalized spacial score (nSPS) is 9.73. The van der Waals surface area contributed by atoms with Crippen molar-refractivity contribution in [1.29, 1.82) is 0 Å². The van der Waals surface area contributed by atoms with Crippen molar-refractivity contribution in [3.8, 4) is 5.75 Å². The predicted molar refractivity (Wildman–Crippen MR) is 57.2 cm³/mol. The van der Waals surface area contributed by atoms with E-state index in [1.165, 1.54) is 0 Å². The molecular weight excluding hydrogens is 194 g/mol. The molecule has 0 saturated carbocycles. The lowest BCUT2D eigenvalue weighted by molar-refractivity contribution is 0.194. The molecule has 1 rings (SSSR count). The Morgan fingerprint density at radius 2 is 2.27 bits per heavy atom. The number of carboxylic acid groups (broad SMARTS) is 1. The summed E-state index contributed by atoms with van der Waals surface area (Å²) >= 11 is 0. The lowest BCUT2D eigenvalue weighted by Crippen LogP contribution is -2.20. The lowest BCUT2D eigenvalue weighted by Gasteiger charge is -2.09. The topological polar surface area (TPSA) is 58.6 Å². The first-order valence-electron chi connectivity index (χ1n) is 4.80. The highest BCUT2D eigenvalue weighted by molar-refractivity contribution is 5.64. The molecule has 2 N–H and O–H groups in total. The van der Waals surface area contributed by atoms with Crippen molar-refractivity contribution in [3.05, 3.63) is 29.3 Å². The molecule has 0 heterocycles. The summed E-state index contributed by atoms with van der Waals surface area (Å²) in [6.07, 6.45) is -0.108. The average Bonchev–Trinajstić information content (AvgIpc) is 2.25. The molecule has 4 heteroatoms. The first kappa shape index (κ1) is 11.4. The molecule has 0 bridgehead atoms. The van der Waals surface area contributed by atoms with E-state index >= 15 is 0 Å². The van der Waals surface area contributed by atoms with E-state index in [-0.39, 0.29) is 6.54 Å². The second-order valence-electron chi connectivity index (χ2n) is 3.16. The van der Waals surface area contributed by atoms with Gasteiger partial charge in [-0.05, 0) is 18.1 Å². The second-order valence-corrected chi connectivity index (χ2v) is 3.16. The number of amides is 1. The zero-order valence-corrected chi connectivity index (χ0v) is 8.91. The third-order valence-corrected chi connectivity index (χ3v) is 2.18. The van der Waals surface area contributed by atoms with Gasteiger partial charge < -0.3 is 15.2 Å². The minimum absolute atomic E-state index is 0.270. The van der Waals surface area contributed by atoms with E-state index < -0.39 is 6.09 Å². The van der Waals surface area contributed by atoms with Gasteiger partial charge in [-0.15, -0.1) is 0 Å². The molecular formula is C11H15NO3. The number of hydrogen-bond donors (Lipinski definition) is 2. The Morgan fingerprint density at radius 1 is 1.53 bits per heavy atom. The van der Waals surface area contributed by atoms with Gasteiger partial charge in [0.05, 0.1) is 7.11 Å². The summed E-state index contributed by atoms with van der Waals surface area (Å²) in [7, 11) is 1.57. The number of carbonyl (C=O) groups is 1. The van der Waals surface area contributed by atoms with Crippen LogP contribution in [0.1, 0.15) is 18.1 Å². The summed E-state index contributed by atoms with van der Waals surface area (Å²) < 4.78 is 5.14. The van der Waals surface area contributed by atoms with Gasteiger partial charge in [-0.2, -0.15) is 0 Å². The summed E-state index contributed by atoms with van der Waals surface area (Å²) in [4.78, 5) is 10.4. The van der Waals surface area contributed by atoms with Crippen LogP contribution in [0.15, 0.2) is 18.2 Å². The number of methoxy groups -OCH3 is 1. The maximum absolute atomic E-state index is 10.4. The molecule has 0 aliphatic rings. The zero-order valence-electron chi connectivity index (χ0n) is 8.91. The van der Waals surface area contributed by atoms with E-state index in [9.17, 15) is 4.79 Å². The molecule has 0 aromatic heterocycles. The maximum atomic E-state index is 10.4. The van der Waals surface area contributed by atoms with Crippen molar-refractivity contribution in [1.82, 2.24) is 5.32 Å². The monoisotopic (exact) mass is 209 g/mol. The fourth-order valence-electron chi connectivity index (χ4n) is 1.36. The summed E-state index contributed by atoms with van der Waals surface area (Å²) in [6.45, 7) is 2.32. The lowest BCUT2D eigenvalue weighted by atomic mass is 10.1. The third kappa shape index (κ3) is 3.16. The van der Waals surface area contributed by atoms with E-state index in [0.29, 0.717) is 5.75 Å². The van der Waals surface area contributed by atoms with Crippen LogP contribution in [-0.4, -0.2) is 18.3 Å². The molecule has 0 radical (unpaired) electrons. The molecule has 0 atom stereocenters. The molecule has 1 aromatic rings. The van der Waals surface area contributed by atoms with Crippen molar-refractivity contribution in [2.24, 2.45) is 0 Å². The first-order valence-corrected chi connectivity index (χ1v) is 4.80. The number of ether oxygens (including phenoxy) is 1. The first-order chi connectivity index (χ1) is 7.17. The molecule has 4 nitrogen and oxygen atoms in total. The van der Waals surface area contributed by atoms with Crippen LogP contribution in [0.2, 0.25) is 0 Å². The number of hydrogen-bond acceptors (Lipinski definition) is 2. The van der Waals surface area contributed by atoms with Gasteiger partial charge in [-0.25, -0.2) is 4.79 Å². The van der Waals surface area contributed by atoms with E-state index in [1.54, 1.807) is 7.11 Å². The Balaban J connectivity index is 2.85. The Morgan fingerprint density at radius 3 is 2.80 bits per heavy atom. The van der Waals surface area contributed by atoms with E-state index in [2.05, 4.69) is 12.2 Å². The largest absolute Gasteiger partial charge is 0.496 e. The summed E-state index contributed by atoms with van der Waals surface area (Å²) in [5, 5.41) is 10.8. The zero-order chi connectivity index (χ0) is 11.3. The number of benzene rings is 1. The van der Waals surface area contributed by atoms with E-state index in [0.717, 1.165) is 17.5 Å². The van der Waals surface area contributed by atoms with Gasteiger partial charge >= 0.3 is 6.09 Å². The molecule has 0 saturated heterocycles. The van der Waals surface area contributed by atoms with Gasteiger partial charge in [-0.3, -0.25) is 0 Å². The molecule has 0 spiro atoms. The number of aryl methyl sites for hydroxylation is 1. The van der Waals surface area contributed by atoms with Crippen LogP contribution in [-0.2, 0) is 13.0 Å². The highest BCUT2D eigenvalue weighted by atomic mass is 16.5. The van der Waals surface area contributed by atoms with Crippen LogP contribution in [0, 0.1) is 0 Å². The SMILES string of the molecule is CCc1ccc(OC)c(CNC(=O)O)c1. The van der Waals surface area contributed by atoms with Gasteiger partial charge in [0.15, 0.2) is 0 Å². The van der Waals surface area contributed by atoms with Crippen LogP contribution in [0.5, 0.6) is 5.75 Å². The molecule has 15 heavy (non-hydrogen) atoms. The van der Waals surface area contributed by atoms with Gasteiger partial charge in [0.2, 0.25) is 0 Å². The van der Waals surface area contributed by atoms with Gasteiger partial charge in [-0.1, -0.05) is 19.1 Å². The Bertz CT molecular complexity index is 350. The molecule has 82 valence electrons. The van der Waals surface area contributed by atoms with Crippen LogP contribution < -0.4 is 10.1 Å². The van der Waals surface area contributed by atoms with E-state index in [1.807, 2.05) is 18.2 Å². The fourth-order valence-corrected chi connectivity index (χ4v) is 1.36. The van der Waals surface area contributed by atoms with Crippen molar-refractivity contribution in [2.45, 2.75) is 19.9 Å². The smallest absolute Gasteiger partial charge is 0.404 e. The van der Waals surface area contributed by atoms with E-state index in [4.69, 9.17) is 9.84 Å². The molecule has 0 fully saturated rings. The van der Waals surface area contributed by atoms with Crippen molar-refractivity contribution < 1.29 is 14.6 Å². The Kier molecular flexibility index (Phi) is 3.97. The number of rotatable bonds is 4. The third-order valence-electron chi connectivity index (χ3n) is 2.18. The van der Waals surface area contributed by atoms with Gasteiger partial charge in [0, 0.05) is 12.1 Å². The van der Waals surface area contributed by atoms with Crippen LogP contribution in [0.25, 0.3) is 0 Å². The fraction of sp³-hybridized carbons (Fsp3) is 0.364. The molecule has 1 amide bonds. The van der Waals surface area contributed by atoms with Crippen LogP contribution >= 0.6 is 0 Å². The average molecular weight is 209 g/mol. The Labute approximate surface area is 88.9 Å². The van der Waals surface area contributed by atoms with Crippen LogP contribution in [0.4, 0.5) is 4.79 Å². The minimum Gasteiger partial charge on any atom is -0.496 e. The standard InChI is InChI=1S/C11H15NO3/c1-3-8-4-5-10(15-2)9(6-8)7-12-11(13)14/h4-6,12H,3,7H2,1-2H3,(H,13,14). The summed E-state index contributed by atoms with van der Waals surface area (Å²) in [6, 6.07) is 5.79. The molecule has 0 aliphatic carbocycles. The molecule has 0 aliphatic heterocycles. The van der Waals surface area contributed by atoms with Crippen molar-refractivity contribution >= 4 is 6.09 Å². The molecule has 0 unspecified atom stereocenters. The quantitative estimate of drug-likeness (QED) is 0.797. The van der Waals surface area contributed by atoms with Gasteiger partial charge in [0.25, 0.3) is 0 Å². The van der Waals surface area contributed by atoms with Crippen molar-refractivity contribution in [3.63, 3.8) is 0 Å². The minimum atomic E-state index is -1.03. The highest BCUT2D eigenvalue weighted by Crippen LogP contribution is 2.19. The maximum Gasteiger partial charge on any atom is 0.404 e. The van der Waals surface area contributed by atoms with Gasteiger partial charge in [0.1, 0.15) is 5.75 Å². The predicted octanol–water partition coefficient (Wildman–Crippen LogP) is 2.03. The Hall–Kier alpha value is -1.71.